The zero-order chi connectivity index (χ0) is 14.9. The second kappa shape index (κ2) is 5.83. The van der Waals surface area contributed by atoms with Gasteiger partial charge in [0.1, 0.15) is 5.75 Å². The Kier molecular flexibility index (Phi) is 4.06. The molecule has 1 amide bonds. The predicted molar refractivity (Wildman–Crippen MR) is 77.6 cm³/mol. The number of fused-ring (bicyclic) bond motifs is 1. The molecule has 21 heavy (non-hydrogen) atoms. The molecular weight excluding hydrogens is 294 g/mol. The maximum absolute atomic E-state index is 12.2. The number of ether oxygens (including phenoxy) is 2. The maximum Gasteiger partial charge on any atom is 0.261 e. The van der Waals surface area contributed by atoms with Gasteiger partial charge in [-0.1, -0.05) is 11.6 Å². The summed E-state index contributed by atoms with van der Waals surface area (Å²) in [6, 6.07) is 5.33. The first-order chi connectivity index (χ1) is 10.1. The molecule has 1 saturated heterocycles. The van der Waals surface area contributed by atoms with Gasteiger partial charge in [0.25, 0.3) is 5.91 Å². The molecule has 1 aromatic carbocycles. The SMILES string of the molecule is O=C(NCC1(O)CCOCC1)C1Cc2cc(Cl)ccc2O1. The van der Waals surface area contributed by atoms with E-state index in [1.54, 1.807) is 12.1 Å². The summed E-state index contributed by atoms with van der Waals surface area (Å²) >= 11 is 5.93. The maximum atomic E-state index is 12.2. The minimum atomic E-state index is -0.872. The van der Waals surface area contributed by atoms with E-state index in [9.17, 15) is 9.90 Å². The summed E-state index contributed by atoms with van der Waals surface area (Å²) in [5, 5.41) is 13.7. The van der Waals surface area contributed by atoms with E-state index in [1.807, 2.05) is 6.07 Å². The smallest absolute Gasteiger partial charge is 0.261 e. The summed E-state index contributed by atoms with van der Waals surface area (Å²) in [5.41, 5.74) is 0.0651. The van der Waals surface area contributed by atoms with Crippen molar-refractivity contribution in [2.75, 3.05) is 19.8 Å². The van der Waals surface area contributed by atoms with E-state index in [0.717, 1.165) is 5.56 Å². The van der Waals surface area contributed by atoms with E-state index in [1.165, 1.54) is 0 Å². The van der Waals surface area contributed by atoms with Crippen LogP contribution in [0.15, 0.2) is 18.2 Å². The molecule has 1 unspecified atom stereocenters. The zero-order valence-corrected chi connectivity index (χ0v) is 12.4. The van der Waals surface area contributed by atoms with Gasteiger partial charge in [0.2, 0.25) is 0 Å². The average Bonchev–Trinajstić information content (AvgIpc) is 2.88. The van der Waals surface area contributed by atoms with Crippen LogP contribution in [0.5, 0.6) is 5.75 Å². The van der Waals surface area contributed by atoms with Gasteiger partial charge in [-0.15, -0.1) is 0 Å². The summed E-state index contributed by atoms with van der Waals surface area (Å²) in [6.07, 6.45) is 1.02. The molecule has 0 aliphatic carbocycles. The molecule has 2 aliphatic heterocycles. The van der Waals surface area contributed by atoms with Crippen molar-refractivity contribution in [3.63, 3.8) is 0 Å². The molecule has 0 aromatic heterocycles. The first-order valence-corrected chi connectivity index (χ1v) is 7.46. The molecule has 114 valence electrons. The molecule has 2 heterocycles. The number of amides is 1. The van der Waals surface area contributed by atoms with Gasteiger partial charge < -0.3 is 19.9 Å². The number of carbonyl (C=O) groups is 1. The van der Waals surface area contributed by atoms with Crippen LogP contribution in [-0.4, -0.2) is 42.5 Å². The molecule has 1 fully saturated rings. The van der Waals surface area contributed by atoms with Gasteiger partial charge in [-0.2, -0.15) is 0 Å². The van der Waals surface area contributed by atoms with Crippen molar-refractivity contribution < 1.29 is 19.4 Å². The van der Waals surface area contributed by atoms with Gasteiger partial charge in [0.15, 0.2) is 6.10 Å². The lowest BCUT2D eigenvalue weighted by Crippen LogP contribution is -2.49. The van der Waals surface area contributed by atoms with Crippen molar-refractivity contribution in [1.82, 2.24) is 5.32 Å². The van der Waals surface area contributed by atoms with Gasteiger partial charge in [0, 0.05) is 44.0 Å². The lowest BCUT2D eigenvalue weighted by Gasteiger charge is -2.32. The molecular formula is C15H18ClNO4. The van der Waals surface area contributed by atoms with E-state index < -0.39 is 11.7 Å². The largest absolute Gasteiger partial charge is 0.480 e. The third-order valence-electron chi connectivity index (χ3n) is 4.00. The number of carbonyl (C=O) groups excluding carboxylic acids is 1. The number of benzene rings is 1. The van der Waals surface area contributed by atoms with Crippen LogP contribution in [-0.2, 0) is 16.0 Å². The van der Waals surface area contributed by atoms with Crippen molar-refractivity contribution in [3.05, 3.63) is 28.8 Å². The Morgan fingerprint density at radius 2 is 2.19 bits per heavy atom. The van der Waals surface area contributed by atoms with E-state index >= 15 is 0 Å². The molecule has 1 atom stereocenters. The van der Waals surface area contributed by atoms with Crippen LogP contribution >= 0.6 is 11.6 Å². The normalized spacial score (nSPS) is 23.2. The first kappa shape index (κ1) is 14.6. The number of hydrogen-bond donors (Lipinski definition) is 2. The third-order valence-corrected chi connectivity index (χ3v) is 4.24. The number of aliphatic hydroxyl groups is 1. The average molecular weight is 312 g/mol. The molecule has 1 aromatic rings. The van der Waals surface area contributed by atoms with Crippen molar-refractivity contribution in [3.8, 4) is 5.75 Å². The van der Waals surface area contributed by atoms with Crippen LogP contribution in [0.2, 0.25) is 5.02 Å². The Balaban J connectivity index is 1.55. The monoisotopic (exact) mass is 311 g/mol. The summed E-state index contributed by atoms with van der Waals surface area (Å²) in [4.78, 5) is 12.2. The van der Waals surface area contributed by atoms with Gasteiger partial charge in [-0.25, -0.2) is 0 Å². The summed E-state index contributed by atoms with van der Waals surface area (Å²) in [7, 11) is 0. The Hall–Kier alpha value is -1.30. The highest BCUT2D eigenvalue weighted by Gasteiger charge is 2.33. The van der Waals surface area contributed by atoms with E-state index in [0.29, 0.717) is 43.2 Å². The Labute approximate surface area is 128 Å². The van der Waals surface area contributed by atoms with Crippen molar-refractivity contribution in [2.24, 2.45) is 0 Å². The number of nitrogens with one attached hydrogen (secondary N) is 1. The van der Waals surface area contributed by atoms with Crippen LogP contribution in [0, 0.1) is 0 Å². The van der Waals surface area contributed by atoms with Crippen LogP contribution in [0.3, 0.4) is 0 Å². The molecule has 0 saturated carbocycles. The Morgan fingerprint density at radius 1 is 1.43 bits per heavy atom. The highest BCUT2D eigenvalue weighted by molar-refractivity contribution is 6.30. The second-order valence-corrected chi connectivity index (χ2v) is 6.05. The number of rotatable bonds is 3. The Morgan fingerprint density at radius 3 is 2.95 bits per heavy atom. The number of hydrogen-bond acceptors (Lipinski definition) is 4. The van der Waals surface area contributed by atoms with E-state index in [2.05, 4.69) is 5.32 Å². The molecule has 0 bridgehead atoms. The fourth-order valence-corrected chi connectivity index (χ4v) is 2.85. The molecule has 3 rings (SSSR count). The predicted octanol–water partition coefficient (Wildman–Crippen LogP) is 1.30. The van der Waals surface area contributed by atoms with Gasteiger partial charge >= 0.3 is 0 Å². The lowest BCUT2D eigenvalue weighted by molar-refractivity contribution is -0.129. The van der Waals surface area contributed by atoms with Gasteiger partial charge in [0.05, 0.1) is 5.60 Å². The standard InChI is InChI=1S/C15H18ClNO4/c16-11-1-2-12-10(7-11)8-13(21-12)14(18)17-9-15(19)3-5-20-6-4-15/h1-2,7,13,19H,3-6,8-9H2,(H,17,18). The highest BCUT2D eigenvalue weighted by Crippen LogP contribution is 2.31. The van der Waals surface area contributed by atoms with Crippen LogP contribution in [0.1, 0.15) is 18.4 Å². The molecule has 2 N–H and O–H groups in total. The van der Waals surface area contributed by atoms with Gasteiger partial charge in [-0.05, 0) is 23.8 Å². The van der Waals surface area contributed by atoms with Crippen LogP contribution in [0.4, 0.5) is 0 Å². The summed E-state index contributed by atoms with van der Waals surface area (Å²) < 4.78 is 10.8. The first-order valence-electron chi connectivity index (χ1n) is 7.09. The van der Waals surface area contributed by atoms with Crippen molar-refractivity contribution in [2.45, 2.75) is 31.0 Å². The summed E-state index contributed by atoms with van der Waals surface area (Å²) in [5.74, 6) is 0.492. The fraction of sp³-hybridized carbons (Fsp3) is 0.533. The minimum Gasteiger partial charge on any atom is -0.480 e. The van der Waals surface area contributed by atoms with Crippen molar-refractivity contribution in [1.29, 1.82) is 0 Å². The quantitative estimate of drug-likeness (QED) is 0.883. The fourth-order valence-electron chi connectivity index (χ4n) is 2.66. The van der Waals surface area contributed by atoms with Crippen LogP contribution < -0.4 is 10.1 Å². The Bertz CT molecular complexity index is 542. The molecule has 0 radical (unpaired) electrons. The molecule has 0 spiro atoms. The van der Waals surface area contributed by atoms with Crippen molar-refractivity contribution >= 4 is 17.5 Å². The highest BCUT2D eigenvalue weighted by atomic mass is 35.5. The lowest BCUT2D eigenvalue weighted by atomic mass is 9.94. The summed E-state index contributed by atoms with van der Waals surface area (Å²) in [6.45, 7) is 1.28. The minimum absolute atomic E-state index is 0.206. The molecule has 2 aliphatic rings. The topological polar surface area (TPSA) is 67.8 Å². The number of halogens is 1. The van der Waals surface area contributed by atoms with Crippen LogP contribution in [0.25, 0.3) is 0 Å². The molecule has 5 nitrogen and oxygen atoms in total. The van der Waals surface area contributed by atoms with E-state index in [4.69, 9.17) is 21.1 Å². The third kappa shape index (κ3) is 3.31. The van der Waals surface area contributed by atoms with Gasteiger partial charge in [-0.3, -0.25) is 4.79 Å². The molecule has 6 heteroatoms. The zero-order valence-electron chi connectivity index (χ0n) is 11.6. The second-order valence-electron chi connectivity index (χ2n) is 5.62. The van der Waals surface area contributed by atoms with E-state index in [-0.39, 0.29) is 12.5 Å².